The highest BCUT2D eigenvalue weighted by atomic mass is 14.9. The molecule has 1 rings (SSSR count). The van der Waals surface area contributed by atoms with Crippen molar-refractivity contribution in [2.24, 2.45) is 11.1 Å². The maximum Gasteiger partial charge on any atom is 0.00109 e. The van der Waals surface area contributed by atoms with E-state index in [0.717, 1.165) is 13.0 Å². The molecule has 0 bridgehead atoms. The van der Waals surface area contributed by atoms with Crippen LogP contribution < -0.4 is 11.1 Å². The fraction of sp³-hybridized carbons (Fsp3) is 1.00. The van der Waals surface area contributed by atoms with Crippen LogP contribution in [0.25, 0.3) is 0 Å². The van der Waals surface area contributed by atoms with Crippen molar-refractivity contribution >= 4 is 0 Å². The first kappa shape index (κ1) is 13.0. The molecule has 0 spiro atoms. The summed E-state index contributed by atoms with van der Waals surface area (Å²) < 4.78 is 0. The Hall–Kier alpha value is -0.0800. The minimum atomic E-state index is 0.358. The van der Waals surface area contributed by atoms with Crippen LogP contribution in [0, 0.1) is 5.41 Å². The van der Waals surface area contributed by atoms with Gasteiger partial charge in [0.2, 0.25) is 0 Å². The molecule has 3 N–H and O–H groups in total. The van der Waals surface area contributed by atoms with Crippen LogP contribution >= 0.6 is 0 Å². The summed E-state index contributed by atoms with van der Waals surface area (Å²) in [6, 6.07) is 0.358. The minimum Gasteiger partial charge on any atom is -0.328 e. The summed E-state index contributed by atoms with van der Waals surface area (Å²) in [5.74, 6) is 0. The lowest BCUT2D eigenvalue weighted by molar-refractivity contribution is 0.208. The molecule has 1 aliphatic carbocycles. The Bertz CT molecular complexity index is 160. The Balaban J connectivity index is 2.03. The van der Waals surface area contributed by atoms with Crippen molar-refractivity contribution in [2.45, 2.75) is 64.8 Å². The van der Waals surface area contributed by atoms with Crippen molar-refractivity contribution in [2.75, 3.05) is 13.1 Å². The molecule has 0 aromatic rings. The lowest BCUT2D eigenvalue weighted by Gasteiger charge is -2.33. The largest absolute Gasteiger partial charge is 0.328 e. The van der Waals surface area contributed by atoms with Crippen LogP contribution in [0.3, 0.4) is 0 Å². The fourth-order valence-corrected chi connectivity index (χ4v) is 2.52. The maximum absolute atomic E-state index is 5.72. The Kier molecular flexibility index (Phi) is 5.62. The Morgan fingerprint density at radius 1 is 1.27 bits per heavy atom. The van der Waals surface area contributed by atoms with Crippen molar-refractivity contribution in [3.05, 3.63) is 0 Å². The standard InChI is InChI=1S/C13H28N2/c1-12(14)7-6-10-15-11-13(2)8-4-3-5-9-13/h12,15H,3-11,14H2,1-2H3. The van der Waals surface area contributed by atoms with Crippen molar-refractivity contribution in [3.8, 4) is 0 Å². The Labute approximate surface area is 95.0 Å². The van der Waals surface area contributed by atoms with Gasteiger partial charge < -0.3 is 11.1 Å². The molecule has 0 saturated heterocycles. The van der Waals surface area contributed by atoms with Crippen LogP contribution in [-0.2, 0) is 0 Å². The molecule has 1 unspecified atom stereocenters. The molecular weight excluding hydrogens is 184 g/mol. The van der Waals surface area contributed by atoms with E-state index in [1.807, 2.05) is 0 Å². The summed E-state index contributed by atoms with van der Waals surface area (Å²) in [6.45, 7) is 6.86. The molecule has 90 valence electrons. The van der Waals surface area contributed by atoms with Crippen molar-refractivity contribution in [1.82, 2.24) is 5.32 Å². The van der Waals surface area contributed by atoms with E-state index >= 15 is 0 Å². The van der Waals surface area contributed by atoms with Gasteiger partial charge in [0.15, 0.2) is 0 Å². The van der Waals surface area contributed by atoms with Crippen LogP contribution in [0.5, 0.6) is 0 Å². The van der Waals surface area contributed by atoms with E-state index in [4.69, 9.17) is 5.73 Å². The summed E-state index contributed by atoms with van der Waals surface area (Å²) >= 11 is 0. The minimum absolute atomic E-state index is 0.358. The molecule has 0 heterocycles. The van der Waals surface area contributed by atoms with Crippen molar-refractivity contribution in [3.63, 3.8) is 0 Å². The van der Waals surface area contributed by atoms with Gasteiger partial charge in [0.1, 0.15) is 0 Å². The molecule has 0 amide bonds. The highest BCUT2D eigenvalue weighted by molar-refractivity contribution is 4.80. The normalized spacial score (nSPS) is 22.6. The van der Waals surface area contributed by atoms with E-state index in [1.165, 1.54) is 45.1 Å². The van der Waals surface area contributed by atoms with Gasteiger partial charge in [0.25, 0.3) is 0 Å². The second-order valence-corrected chi connectivity index (χ2v) is 5.67. The number of rotatable bonds is 6. The second kappa shape index (κ2) is 6.49. The van der Waals surface area contributed by atoms with Gasteiger partial charge in [-0.2, -0.15) is 0 Å². The van der Waals surface area contributed by atoms with Gasteiger partial charge in [0.05, 0.1) is 0 Å². The van der Waals surface area contributed by atoms with Crippen LogP contribution in [-0.4, -0.2) is 19.1 Å². The molecule has 1 fully saturated rings. The van der Waals surface area contributed by atoms with Gasteiger partial charge >= 0.3 is 0 Å². The predicted molar refractivity (Wildman–Crippen MR) is 66.9 cm³/mol. The first-order valence-electron chi connectivity index (χ1n) is 6.59. The van der Waals surface area contributed by atoms with Crippen LogP contribution in [0.4, 0.5) is 0 Å². The highest BCUT2D eigenvalue weighted by Gasteiger charge is 2.25. The van der Waals surface area contributed by atoms with E-state index < -0.39 is 0 Å². The molecule has 0 radical (unpaired) electrons. The first-order valence-corrected chi connectivity index (χ1v) is 6.59. The Morgan fingerprint density at radius 2 is 1.93 bits per heavy atom. The van der Waals surface area contributed by atoms with Gasteiger partial charge in [-0.25, -0.2) is 0 Å². The van der Waals surface area contributed by atoms with E-state index in [9.17, 15) is 0 Å². The molecule has 1 atom stereocenters. The topological polar surface area (TPSA) is 38.0 Å². The van der Waals surface area contributed by atoms with Gasteiger partial charge in [-0.1, -0.05) is 26.2 Å². The number of hydrogen-bond donors (Lipinski definition) is 2. The molecule has 1 saturated carbocycles. The zero-order valence-corrected chi connectivity index (χ0v) is 10.5. The molecule has 2 nitrogen and oxygen atoms in total. The van der Waals surface area contributed by atoms with Gasteiger partial charge in [-0.3, -0.25) is 0 Å². The average molecular weight is 212 g/mol. The monoisotopic (exact) mass is 212 g/mol. The predicted octanol–water partition coefficient (Wildman–Crippen LogP) is 2.67. The summed E-state index contributed by atoms with van der Waals surface area (Å²) in [7, 11) is 0. The Morgan fingerprint density at radius 3 is 2.53 bits per heavy atom. The molecule has 0 aromatic carbocycles. The zero-order chi connectivity index (χ0) is 11.1. The molecular formula is C13H28N2. The quantitative estimate of drug-likeness (QED) is 0.664. The number of nitrogens with one attached hydrogen (secondary N) is 1. The SMILES string of the molecule is CC(N)CCCNCC1(C)CCCCC1. The summed E-state index contributed by atoms with van der Waals surface area (Å²) in [5, 5.41) is 3.60. The van der Waals surface area contributed by atoms with Crippen molar-refractivity contribution < 1.29 is 0 Å². The smallest absolute Gasteiger partial charge is 0.00109 e. The number of nitrogens with two attached hydrogens (primary N) is 1. The average Bonchev–Trinajstić information content (AvgIpc) is 2.17. The zero-order valence-electron chi connectivity index (χ0n) is 10.5. The maximum atomic E-state index is 5.72. The third kappa shape index (κ3) is 5.53. The first-order chi connectivity index (χ1) is 7.12. The second-order valence-electron chi connectivity index (χ2n) is 5.67. The fourth-order valence-electron chi connectivity index (χ4n) is 2.52. The highest BCUT2D eigenvalue weighted by Crippen LogP contribution is 2.34. The lowest BCUT2D eigenvalue weighted by Crippen LogP contribution is -2.34. The summed E-state index contributed by atoms with van der Waals surface area (Å²) in [6.07, 6.45) is 9.48. The third-order valence-corrected chi connectivity index (χ3v) is 3.63. The summed E-state index contributed by atoms with van der Waals surface area (Å²) in [4.78, 5) is 0. The number of hydrogen-bond acceptors (Lipinski definition) is 2. The third-order valence-electron chi connectivity index (χ3n) is 3.63. The van der Waals surface area contributed by atoms with Crippen LogP contribution in [0.1, 0.15) is 58.8 Å². The van der Waals surface area contributed by atoms with Gasteiger partial charge in [-0.05, 0) is 44.6 Å². The molecule has 0 aromatic heterocycles. The van der Waals surface area contributed by atoms with E-state index in [-0.39, 0.29) is 0 Å². The molecule has 1 aliphatic rings. The van der Waals surface area contributed by atoms with Crippen molar-refractivity contribution in [1.29, 1.82) is 0 Å². The van der Waals surface area contributed by atoms with Crippen LogP contribution in [0.2, 0.25) is 0 Å². The van der Waals surface area contributed by atoms with E-state index in [2.05, 4.69) is 19.2 Å². The van der Waals surface area contributed by atoms with Gasteiger partial charge in [-0.15, -0.1) is 0 Å². The molecule has 2 heteroatoms. The van der Waals surface area contributed by atoms with E-state index in [0.29, 0.717) is 11.5 Å². The summed E-state index contributed by atoms with van der Waals surface area (Å²) in [5.41, 5.74) is 6.29. The molecule has 15 heavy (non-hydrogen) atoms. The van der Waals surface area contributed by atoms with Gasteiger partial charge in [0, 0.05) is 12.6 Å². The lowest BCUT2D eigenvalue weighted by atomic mass is 9.76. The molecule has 0 aliphatic heterocycles. The van der Waals surface area contributed by atoms with E-state index in [1.54, 1.807) is 0 Å². The van der Waals surface area contributed by atoms with Crippen LogP contribution in [0.15, 0.2) is 0 Å².